The van der Waals surface area contributed by atoms with Crippen molar-refractivity contribution in [2.24, 2.45) is 0 Å². The minimum Gasteiger partial charge on any atom is -0.338 e. The monoisotopic (exact) mass is 458 g/mol. The highest BCUT2D eigenvalue weighted by atomic mass is 32.1. The maximum atomic E-state index is 12.7. The Bertz CT molecular complexity index is 1330. The van der Waals surface area contributed by atoms with Gasteiger partial charge in [0.05, 0.1) is 35.1 Å². The van der Waals surface area contributed by atoms with Crippen molar-refractivity contribution in [1.29, 1.82) is 0 Å². The number of fused-ring (bicyclic) bond motifs is 1. The standard InChI is InChI=1S/C22H17F3N4O2S/c1-29(11-18-27-17-5-3-2-4-16(17)20(31)28-18)19(30)10-15-12-32-21(26-15)13-6-8-14(9-7-13)22(23,24)25/h2-9,12H,10-11H2,1H3,(H,27,28,31). The SMILES string of the molecule is CN(Cc1nc2ccccc2c(=O)[nH]1)C(=O)Cc1csc(-c2ccc(C(F)(F)F)cc2)n1. The quantitative estimate of drug-likeness (QED) is 0.485. The molecule has 0 aliphatic heterocycles. The van der Waals surface area contributed by atoms with Crippen LogP contribution in [-0.2, 0) is 23.9 Å². The predicted molar refractivity (Wildman–Crippen MR) is 115 cm³/mol. The number of carbonyl (C=O) groups excluding carboxylic acids is 1. The van der Waals surface area contributed by atoms with Crippen molar-refractivity contribution in [3.05, 3.63) is 81.3 Å². The molecule has 0 atom stereocenters. The van der Waals surface area contributed by atoms with Crippen LogP contribution in [0, 0.1) is 0 Å². The van der Waals surface area contributed by atoms with Crippen molar-refractivity contribution in [3.63, 3.8) is 0 Å². The average molecular weight is 458 g/mol. The molecule has 0 saturated heterocycles. The van der Waals surface area contributed by atoms with Gasteiger partial charge in [0.1, 0.15) is 10.8 Å². The Kier molecular flexibility index (Phi) is 5.79. The zero-order valence-electron chi connectivity index (χ0n) is 16.8. The summed E-state index contributed by atoms with van der Waals surface area (Å²) in [6, 6.07) is 11.7. The summed E-state index contributed by atoms with van der Waals surface area (Å²) in [5.74, 6) is 0.137. The van der Waals surface area contributed by atoms with Crippen molar-refractivity contribution in [2.75, 3.05) is 7.05 Å². The second-order valence-corrected chi connectivity index (χ2v) is 8.03. The molecule has 4 rings (SSSR count). The number of carbonyl (C=O) groups is 1. The van der Waals surface area contributed by atoms with E-state index in [1.165, 1.54) is 28.4 Å². The third-order valence-electron chi connectivity index (χ3n) is 4.82. The molecule has 2 aromatic heterocycles. The number of thiazole rings is 1. The molecule has 0 unspecified atom stereocenters. The topological polar surface area (TPSA) is 79.0 Å². The minimum atomic E-state index is -4.40. The first-order valence-corrected chi connectivity index (χ1v) is 10.4. The summed E-state index contributed by atoms with van der Waals surface area (Å²) >= 11 is 1.25. The number of halogens is 3. The fraction of sp³-hybridized carbons (Fsp3) is 0.182. The van der Waals surface area contributed by atoms with E-state index >= 15 is 0 Å². The Morgan fingerprint density at radius 3 is 2.53 bits per heavy atom. The van der Waals surface area contributed by atoms with E-state index in [0.717, 1.165) is 12.1 Å². The molecule has 0 fully saturated rings. The van der Waals surface area contributed by atoms with Gasteiger partial charge in [-0.05, 0) is 24.3 Å². The molecule has 2 heterocycles. The molecule has 0 aliphatic carbocycles. The van der Waals surface area contributed by atoms with Crippen molar-refractivity contribution < 1.29 is 18.0 Å². The predicted octanol–water partition coefficient (Wildman–Crippen LogP) is 4.27. The van der Waals surface area contributed by atoms with Gasteiger partial charge in [-0.3, -0.25) is 9.59 Å². The minimum absolute atomic E-state index is 0.0193. The molecule has 2 aromatic carbocycles. The summed E-state index contributed by atoms with van der Waals surface area (Å²) < 4.78 is 38.2. The second-order valence-electron chi connectivity index (χ2n) is 7.18. The molecule has 0 radical (unpaired) electrons. The number of aromatic nitrogens is 3. The van der Waals surface area contributed by atoms with E-state index in [0.29, 0.717) is 33.0 Å². The number of nitrogens with zero attached hydrogens (tertiary/aromatic N) is 3. The summed E-state index contributed by atoms with van der Waals surface area (Å²) in [4.78, 5) is 37.7. The number of rotatable bonds is 5. The normalized spacial score (nSPS) is 11.6. The lowest BCUT2D eigenvalue weighted by atomic mass is 10.1. The van der Waals surface area contributed by atoms with E-state index in [2.05, 4.69) is 15.0 Å². The van der Waals surface area contributed by atoms with Crippen LogP contribution in [0.15, 0.2) is 58.7 Å². The summed E-state index contributed by atoms with van der Waals surface area (Å²) in [7, 11) is 1.60. The third kappa shape index (κ3) is 4.70. The van der Waals surface area contributed by atoms with Crippen molar-refractivity contribution in [1.82, 2.24) is 19.9 Å². The Labute approximate surface area is 184 Å². The molecule has 164 valence electrons. The molecule has 6 nitrogen and oxygen atoms in total. The first-order chi connectivity index (χ1) is 15.2. The number of likely N-dealkylation sites (N-methyl/N-ethyl adjacent to an activating group) is 1. The van der Waals surface area contributed by atoms with Crippen molar-refractivity contribution >= 4 is 28.1 Å². The van der Waals surface area contributed by atoms with E-state index in [4.69, 9.17) is 0 Å². The van der Waals surface area contributed by atoms with Gasteiger partial charge in [0, 0.05) is 18.0 Å². The van der Waals surface area contributed by atoms with E-state index < -0.39 is 11.7 Å². The first kappa shape index (κ1) is 21.7. The summed E-state index contributed by atoms with van der Waals surface area (Å²) in [6.45, 7) is 0.120. The number of amides is 1. The lowest BCUT2D eigenvalue weighted by molar-refractivity contribution is -0.137. The maximum absolute atomic E-state index is 12.7. The van der Waals surface area contributed by atoms with Crippen LogP contribution >= 0.6 is 11.3 Å². The molecule has 32 heavy (non-hydrogen) atoms. The number of alkyl halides is 3. The fourth-order valence-corrected chi connectivity index (χ4v) is 3.96. The Balaban J connectivity index is 1.43. The van der Waals surface area contributed by atoms with Gasteiger partial charge in [0.15, 0.2) is 0 Å². The second kappa shape index (κ2) is 8.54. The van der Waals surface area contributed by atoms with Crippen LogP contribution in [0.25, 0.3) is 21.5 Å². The van der Waals surface area contributed by atoms with Crippen LogP contribution in [0.1, 0.15) is 17.1 Å². The van der Waals surface area contributed by atoms with Crippen molar-refractivity contribution in [3.8, 4) is 10.6 Å². The van der Waals surface area contributed by atoms with Gasteiger partial charge in [0.25, 0.3) is 5.56 Å². The van der Waals surface area contributed by atoms with Crippen molar-refractivity contribution in [2.45, 2.75) is 19.1 Å². The smallest absolute Gasteiger partial charge is 0.338 e. The van der Waals surface area contributed by atoms with Crippen LogP contribution < -0.4 is 5.56 Å². The van der Waals surface area contributed by atoms with Crippen LogP contribution in [-0.4, -0.2) is 32.8 Å². The molecule has 10 heteroatoms. The summed E-state index contributed by atoms with van der Waals surface area (Å²) in [5, 5.41) is 2.71. The largest absolute Gasteiger partial charge is 0.416 e. The highest BCUT2D eigenvalue weighted by Crippen LogP contribution is 2.31. The zero-order chi connectivity index (χ0) is 22.9. The van der Waals surface area contributed by atoms with Crippen LogP contribution in [0.4, 0.5) is 13.2 Å². The van der Waals surface area contributed by atoms with Gasteiger partial charge in [-0.2, -0.15) is 13.2 Å². The molecule has 0 aliphatic rings. The average Bonchev–Trinajstić information content (AvgIpc) is 3.21. The van der Waals surface area contributed by atoms with Gasteiger partial charge in [-0.1, -0.05) is 24.3 Å². The van der Waals surface area contributed by atoms with Gasteiger partial charge >= 0.3 is 6.18 Å². The van der Waals surface area contributed by atoms with E-state index in [1.807, 2.05) is 0 Å². The molecule has 4 aromatic rings. The van der Waals surface area contributed by atoms with Crippen LogP contribution in [0.3, 0.4) is 0 Å². The van der Waals surface area contributed by atoms with Gasteiger partial charge in [0.2, 0.25) is 5.91 Å². The molecular formula is C22H17F3N4O2S. The zero-order valence-corrected chi connectivity index (χ0v) is 17.6. The summed E-state index contributed by atoms with van der Waals surface area (Å²) in [6.07, 6.45) is -4.38. The summed E-state index contributed by atoms with van der Waals surface area (Å²) in [5.41, 5.74) is 0.616. The van der Waals surface area contributed by atoms with Crippen LogP contribution in [0.2, 0.25) is 0 Å². The first-order valence-electron chi connectivity index (χ1n) is 9.54. The fourth-order valence-electron chi connectivity index (χ4n) is 3.14. The number of para-hydroxylation sites is 1. The molecule has 0 bridgehead atoms. The van der Waals surface area contributed by atoms with E-state index in [1.54, 1.807) is 36.7 Å². The number of H-pyrrole nitrogens is 1. The number of hydrogen-bond acceptors (Lipinski definition) is 5. The van der Waals surface area contributed by atoms with Gasteiger partial charge in [-0.15, -0.1) is 11.3 Å². The molecular weight excluding hydrogens is 441 g/mol. The highest BCUT2D eigenvalue weighted by molar-refractivity contribution is 7.13. The maximum Gasteiger partial charge on any atom is 0.416 e. The molecule has 1 amide bonds. The van der Waals surface area contributed by atoms with Gasteiger partial charge < -0.3 is 9.88 Å². The molecule has 1 N–H and O–H groups in total. The number of aromatic amines is 1. The highest BCUT2D eigenvalue weighted by Gasteiger charge is 2.30. The lowest BCUT2D eigenvalue weighted by Gasteiger charge is -2.16. The Morgan fingerprint density at radius 1 is 1.09 bits per heavy atom. The Hall–Kier alpha value is -3.53. The molecule has 0 saturated carbocycles. The van der Waals surface area contributed by atoms with E-state index in [9.17, 15) is 22.8 Å². The number of nitrogens with one attached hydrogen (secondary N) is 1. The third-order valence-corrected chi connectivity index (χ3v) is 5.76. The Morgan fingerprint density at radius 2 is 1.81 bits per heavy atom. The van der Waals surface area contributed by atoms with E-state index in [-0.39, 0.29) is 24.4 Å². The number of benzene rings is 2. The molecule has 0 spiro atoms. The van der Waals surface area contributed by atoms with Gasteiger partial charge in [-0.25, -0.2) is 9.97 Å². The lowest BCUT2D eigenvalue weighted by Crippen LogP contribution is -2.29. The number of hydrogen-bond donors (Lipinski definition) is 1. The van der Waals surface area contributed by atoms with Crippen LogP contribution in [0.5, 0.6) is 0 Å².